The molecule has 0 heterocycles. The van der Waals surface area contributed by atoms with Gasteiger partial charge in [-0.25, -0.2) is 8.42 Å². The monoisotopic (exact) mass is 539 g/mol. The molecule has 3 rings (SSSR count). The van der Waals surface area contributed by atoms with Crippen LogP contribution < -0.4 is 24.8 Å². The lowest BCUT2D eigenvalue weighted by molar-refractivity contribution is -0.116. The van der Waals surface area contributed by atoms with E-state index in [1.165, 1.54) is 6.08 Å². The lowest BCUT2D eigenvalue weighted by Gasteiger charge is -2.15. The molecular weight excluding hydrogens is 510 g/mol. The fourth-order valence-electron chi connectivity index (χ4n) is 3.54. The normalized spacial score (nSPS) is 11.1. The summed E-state index contributed by atoms with van der Waals surface area (Å²) in [5.74, 6) is 0.954. The van der Waals surface area contributed by atoms with Gasteiger partial charge in [0.15, 0.2) is 5.11 Å². The number of thiocarbonyl (C=S) groups is 1. The minimum absolute atomic E-state index is 0.00282. The average molecular weight is 540 g/mol. The zero-order valence-corrected chi connectivity index (χ0v) is 22.4. The Hall–Kier alpha value is -3.89. The smallest absolute Gasteiger partial charge is 0.264 e. The summed E-state index contributed by atoms with van der Waals surface area (Å²) >= 11 is 5.01. The van der Waals surface area contributed by atoms with Crippen molar-refractivity contribution in [3.63, 3.8) is 0 Å². The summed E-state index contributed by atoms with van der Waals surface area (Å²) in [4.78, 5) is 12.5. The molecule has 0 aliphatic heterocycles. The SMILES string of the molecule is CNC(=S)NS(=O)(=O)c1cc(CCNC(=O)/C=C/c2ccc(OC)cc2OC)ccc1-c1ccccc1. The van der Waals surface area contributed by atoms with Gasteiger partial charge in [0, 0.05) is 36.9 Å². The first kappa shape index (κ1) is 27.7. The quantitative estimate of drug-likeness (QED) is 0.267. The second-order valence-electron chi connectivity index (χ2n) is 7.86. The average Bonchev–Trinajstić information content (AvgIpc) is 2.91. The van der Waals surface area contributed by atoms with E-state index in [2.05, 4.69) is 15.4 Å². The third kappa shape index (κ3) is 7.55. The predicted octanol–water partition coefficient (Wildman–Crippen LogP) is 3.53. The van der Waals surface area contributed by atoms with E-state index >= 15 is 0 Å². The van der Waals surface area contributed by atoms with Crippen LogP contribution >= 0.6 is 12.2 Å². The minimum atomic E-state index is -3.94. The summed E-state index contributed by atoms with van der Waals surface area (Å²) in [6, 6.07) is 19.8. The van der Waals surface area contributed by atoms with Crippen LogP contribution in [0.4, 0.5) is 0 Å². The Labute approximate surface area is 222 Å². The molecule has 0 aliphatic rings. The molecule has 0 fully saturated rings. The highest BCUT2D eigenvalue weighted by atomic mass is 32.2. The van der Waals surface area contributed by atoms with Crippen molar-refractivity contribution in [3.8, 4) is 22.6 Å². The van der Waals surface area contributed by atoms with Gasteiger partial charge in [-0.2, -0.15) is 0 Å². The lowest BCUT2D eigenvalue weighted by atomic mass is 10.0. The number of hydrogen-bond donors (Lipinski definition) is 3. The maximum absolute atomic E-state index is 13.1. The molecule has 0 saturated heterocycles. The van der Waals surface area contributed by atoms with Crippen LogP contribution in [-0.2, 0) is 21.2 Å². The van der Waals surface area contributed by atoms with Gasteiger partial charge in [0.25, 0.3) is 10.0 Å². The Morgan fingerprint density at radius 1 is 1.00 bits per heavy atom. The number of carbonyl (C=O) groups is 1. The summed E-state index contributed by atoms with van der Waals surface area (Å²) in [5, 5.41) is 5.44. The molecule has 194 valence electrons. The van der Waals surface area contributed by atoms with Gasteiger partial charge in [-0.3, -0.25) is 9.52 Å². The van der Waals surface area contributed by atoms with Gasteiger partial charge < -0.3 is 20.1 Å². The first-order chi connectivity index (χ1) is 17.8. The molecule has 0 aliphatic carbocycles. The summed E-state index contributed by atoms with van der Waals surface area (Å²) in [6.07, 6.45) is 3.50. The van der Waals surface area contributed by atoms with Gasteiger partial charge in [-0.15, -0.1) is 0 Å². The molecule has 10 heteroatoms. The number of sulfonamides is 1. The number of rotatable bonds is 10. The van der Waals surface area contributed by atoms with Crippen LogP contribution in [0.2, 0.25) is 0 Å². The van der Waals surface area contributed by atoms with Crippen LogP contribution in [0.15, 0.2) is 77.7 Å². The van der Waals surface area contributed by atoms with Crippen molar-refractivity contribution in [2.24, 2.45) is 0 Å². The number of carbonyl (C=O) groups excluding carboxylic acids is 1. The Morgan fingerprint density at radius 2 is 1.76 bits per heavy atom. The fourth-order valence-corrected chi connectivity index (χ4v) is 5.11. The number of nitrogens with one attached hydrogen (secondary N) is 3. The third-order valence-electron chi connectivity index (χ3n) is 5.44. The van der Waals surface area contributed by atoms with Crippen LogP contribution in [0.3, 0.4) is 0 Å². The van der Waals surface area contributed by atoms with E-state index in [4.69, 9.17) is 21.7 Å². The van der Waals surface area contributed by atoms with E-state index in [1.807, 2.05) is 36.4 Å². The maximum atomic E-state index is 13.1. The predicted molar refractivity (Wildman–Crippen MR) is 149 cm³/mol. The van der Waals surface area contributed by atoms with Gasteiger partial charge in [-0.1, -0.05) is 42.5 Å². The summed E-state index contributed by atoms with van der Waals surface area (Å²) in [5.41, 5.74) is 2.79. The molecule has 0 unspecified atom stereocenters. The lowest BCUT2D eigenvalue weighted by Crippen LogP contribution is -2.37. The molecule has 0 saturated carbocycles. The van der Waals surface area contributed by atoms with Crippen LogP contribution in [-0.4, -0.2) is 47.2 Å². The third-order valence-corrected chi connectivity index (χ3v) is 7.27. The maximum Gasteiger partial charge on any atom is 0.264 e. The highest BCUT2D eigenvalue weighted by molar-refractivity contribution is 7.92. The molecule has 0 aromatic heterocycles. The van der Waals surface area contributed by atoms with E-state index in [9.17, 15) is 13.2 Å². The molecule has 1 amide bonds. The van der Waals surface area contributed by atoms with E-state index in [0.717, 1.165) is 16.7 Å². The summed E-state index contributed by atoms with van der Waals surface area (Å²) in [6.45, 7) is 0.315. The molecule has 0 bridgehead atoms. The molecule has 8 nitrogen and oxygen atoms in total. The van der Waals surface area contributed by atoms with Crippen molar-refractivity contribution in [2.45, 2.75) is 11.3 Å². The van der Waals surface area contributed by atoms with Gasteiger partial charge >= 0.3 is 0 Å². The Bertz CT molecular complexity index is 1390. The van der Waals surface area contributed by atoms with Crippen LogP contribution in [0, 0.1) is 0 Å². The summed E-state index contributed by atoms with van der Waals surface area (Å²) in [7, 11) is 0.720. The van der Waals surface area contributed by atoms with Crippen molar-refractivity contribution in [3.05, 3.63) is 83.9 Å². The number of hydrogen-bond acceptors (Lipinski definition) is 6. The largest absolute Gasteiger partial charge is 0.497 e. The van der Waals surface area contributed by atoms with Gasteiger partial charge in [0.2, 0.25) is 5.91 Å². The molecule has 3 aromatic rings. The van der Waals surface area contributed by atoms with Gasteiger partial charge in [0.05, 0.1) is 19.1 Å². The van der Waals surface area contributed by atoms with Crippen molar-refractivity contribution in [1.82, 2.24) is 15.4 Å². The van der Waals surface area contributed by atoms with Gasteiger partial charge in [-0.05, 0) is 54.0 Å². The second-order valence-corrected chi connectivity index (χ2v) is 9.92. The highest BCUT2D eigenvalue weighted by Crippen LogP contribution is 2.29. The highest BCUT2D eigenvalue weighted by Gasteiger charge is 2.21. The second kappa shape index (κ2) is 12.9. The van der Waals surface area contributed by atoms with Gasteiger partial charge in [0.1, 0.15) is 11.5 Å². The van der Waals surface area contributed by atoms with E-state index < -0.39 is 10.0 Å². The number of amides is 1. The van der Waals surface area contributed by atoms with Crippen LogP contribution in [0.5, 0.6) is 11.5 Å². The molecule has 3 aromatic carbocycles. The minimum Gasteiger partial charge on any atom is -0.497 e. The molecule has 0 radical (unpaired) electrons. The van der Waals surface area contributed by atoms with E-state index in [1.54, 1.807) is 57.7 Å². The van der Waals surface area contributed by atoms with Crippen molar-refractivity contribution in [1.29, 1.82) is 0 Å². The van der Waals surface area contributed by atoms with Crippen LogP contribution in [0.1, 0.15) is 11.1 Å². The zero-order valence-electron chi connectivity index (χ0n) is 20.8. The Morgan fingerprint density at radius 3 is 2.43 bits per heavy atom. The van der Waals surface area contributed by atoms with Crippen LogP contribution in [0.25, 0.3) is 17.2 Å². The first-order valence-corrected chi connectivity index (χ1v) is 13.3. The van der Waals surface area contributed by atoms with E-state index in [-0.39, 0.29) is 15.9 Å². The topological polar surface area (TPSA) is 106 Å². The fraction of sp³-hybridized carbons (Fsp3) is 0.185. The molecule has 0 spiro atoms. The molecule has 37 heavy (non-hydrogen) atoms. The van der Waals surface area contributed by atoms with Crippen molar-refractivity contribution in [2.75, 3.05) is 27.8 Å². The van der Waals surface area contributed by atoms with Crippen molar-refractivity contribution >= 4 is 39.3 Å². The number of ether oxygens (including phenoxy) is 2. The number of benzene rings is 3. The molecule has 0 atom stereocenters. The number of methoxy groups -OCH3 is 2. The van der Waals surface area contributed by atoms with Crippen molar-refractivity contribution < 1.29 is 22.7 Å². The molecular formula is C27H29N3O5S2. The first-order valence-electron chi connectivity index (χ1n) is 11.4. The standard InChI is InChI=1S/C27H29N3O5S2/c1-28-27(36)30-37(32,33)25-17-19(9-13-23(25)20-7-5-4-6-8-20)15-16-29-26(31)14-11-21-10-12-22(34-2)18-24(21)35-3/h4-14,17-18H,15-16H2,1-3H3,(H,29,31)(H2,28,30,36)/b14-11+. The Kier molecular flexibility index (Phi) is 9.64. The zero-order chi connectivity index (χ0) is 26.8. The van der Waals surface area contributed by atoms with E-state index in [0.29, 0.717) is 30.0 Å². The summed E-state index contributed by atoms with van der Waals surface area (Å²) < 4.78 is 39.1. The molecule has 3 N–H and O–H groups in total. The Balaban J connectivity index is 1.73.